The first kappa shape index (κ1) is 12.3. The van der Waals surface area contributed by atoms with E-state index in [2.05, 4.69) is 6.92 Å². The van der Waals surface area contributed by atoms with Crippen molar-refractivity contribution in [2.75, 3.05) is 6.61 Å². The van der Waals surface area contributed by atoms with Gasteiger partial charge in [-0.15, -0.1) is 0 Å². The second kappa shape index (κ2) is 6.68. The van der Waals surface area contributed by atoms with Crippen molar-refractivity contribution in [1.29, 1.82) is 0 Å². The van der Waals surface area contributed by atoms with Crippen LogP contribution in [0, 0.1) is 0 Å². The highest BCUT2D eigenvalue weighted by atomic mass is 35.5. The first-order valence-corrected chi connectivity index (χ1v) is 6.47. The molecule has 1 heterocycles. The number of alkyl halides is 1. The molecule has 2 heteroatoms. The van der Waals surface area contributed by atoms with Crippen LogP contribution in [0.5, 0.6) is 0 Å². The summed E-state index contributed by atoms with van der Waals surface area (Å²) in [6.07, 6.45) is 11.9. The highest BCUT2D eigenvalue weighted by Crippen LogP contribution is 2.36. The summed E-state index contributed by atoms with van der Waals surface area (Å²) in [7, 11) is 0. The number of epoxide rings is 1. The molecule has 0 N–H and O–H groups in total. The standard InChI is InChI=1S/C12H23ClO/c1-2-3-4-5-6-7-8-9-10-12(13)11-14-12/h2-11H2,1H3. The minimum absolute atomic E-state index is 0.234. The lowest BCUT2D eigenvalue weighted by Crippen LogP contribution is -1.98. The Morgan fingerprint density at radius 1 is 1.00 bits per heavy atom. The smallest absolute Gasteiger partial charge is 0.165 e. The molecule has 0 saturated carbocycles. The summed E-state index contributed by atoms with van der Waals surface area (Å²) >= 11 is 6.00. The maximum Gasteiger partial charge on any atom is 0.165 e. The predicted octanol–water partition coefficient (Wildman–Crippen LogP) is 4.48. The molecule has 0 radical (unpaired) electrons. The van der Waals surface area contributed by atoms with Crippen molar-refractivity contribution in [3.63, 3.8) is 0 Å². The minimum atomic E-state index is -0.234. The number of hydrogen-bond donors (Lipinski definition) is 0. The van der Waals surface area contributed by atoms with Crippen LogP contribution >= 0.6 is 11.6 Å². The van der Waals surface area contributed by atoms with Crippen LogP contribution < -0.4 is 0 Å². The third kappa shape index (κ3) is 5.87. The second-order valence-electron chi connectivity index (χ2n) is 4.40. The molecule has 1 saturated heterocycles. The van der Waals surface area contributed by atoms with Crippen molar-refractivity contribution in [2.45, 2.75) is 69.8 Å². The Morgan fingerprint density at radius 3 is 2.00 bits per heavy atom. The maximum absolute atomic E-state index is 6.00. The average molecular weight is 219 g/mol. The second-order valence-corrected chi connectivity index (χ2v) is 5.09. The van der Waals surface area contributed by atoms with Crippen molar-refractivity contribution in [3.05, 3.63) is 0 Å². The molecule has 1 aliphatic heterocycles. The van der Waals surface area contributed by atoms with Gasteiger partial charge >= 0.3 is 0 Å². The zero-order valence-corrected chi connectivity index (χ0v) is 10.1. The molecule has 1 atom stereocenters. The zero-order valence-electron chi connectivity index (χ0n) is 9.36. The summed E-state index contributed by atoms with van der Waals surface area (Å²) < 4.78 is 5.12. The summed E-state index contributed by atoms with van der Waals surface area (Å²) in [5.41, 5.74) is 0. The van der Waals surface area contributed by atoms with Gasteiger partial charge in [-0.2, -0.15) is 0 Å². The molecule has 84 valence electrons. The van der Waals surface area contributed by atoms with Crippen molar-refractivity contribution in [1.82, 2.24) is 0 Å². The molecule has 1 unspecified atom stereocenters. The molecule has 0 aromatic carbocycles. The van der Waals surface area contributed by atoms with Crippen LogP contribution in [-0.4, -0.2) is 11.7 Å². The van der Waals surface area contributed by atoms with Gasteiger partial charge in [0.05, 0.1) is 6.61 Å². The number of rotatable bonds is 9. The van der Waals surface area contributed by atoms with Gasteiger partial charge in [-0.05, 0) is 12.8 Å². The van der Waals surface area contributed by atoms with Crippen molar-refractivity contribution in [3.8, 4) is 0 Å². The van der Waals surface area contributed by atoms with Gasteiger partial charge in [-0.25, -0.2) is 0 Å². The van der Waals surface area contributed by atoms with Gasteiger partial charge in [-0.3, -0.25) is 0 Å². The maximum atomic E-state index is 6.00. The summed E-state index contributed by atoms with van der Waals surface area (Å²) in [5.74, 6) is 0. The van der Waals surface area contributed by atoms with E-state index in [1.807, 2.05) is 0 Å². The quantitative estimate of drug-likeness (QED) is 0.316. The number of hydrogen-bond acceptors (Lipinski definition) is 1. The van der Waals surface area contributed by atoms with E-state index in [1.165, 1.54) is 51.4 Å². The summed E-state index contributed by atoms with van der Waals surface area (Å²) in [4.78, 5) is 0. The summed E-state index contributed by atoms with van der Waals surface area (Å²) in [6.45, 7) is 3.03. The Kier molecular flexibility index (Phi) is 5.88. The van der Waals surface area contributed by atoms with Gasteiger partial charge in [0.1, 0.15) is 0 Å². The van der Waals surface area contributed by atoms with E-state index in [9.17, 15) is 0 Å². The molecule has 0 amide bonds. The number of halogens is 1. The van der Waals surface area contributed by atoms with Crippen LogP contribution in [0.3, 0.4) is 0 Å². The molecule has 14 heavy (non-hydrogen) atoms. The van der Waals surface area contributed by atoms with Crippen molar-refractivity contribution in [2.24, 2.45) is 0 Å². The highest BCUT2D eigenvalue weighted by Gasteiger charge is 2.41. The topological polar surface area (TPSA) is 12.5 Å². The summed E-state index contributed by atoms with van der Waals surface area (Å²) in [6, 6.07) is 0. The lowest BCUT2D eigenvalue weighted by atomic mass is 10.1. The fourth-order valence-corrected chi connectivity index (χ4v) is 1.93. The Balaban J connectivity index is 1.72. The van der Waals surface area contributed by atoms with Gasteiger partial charge in [0.25, 0.3) is 0 Å². The van der Waals surface area contributed by atoms with E-state index in [0.29, 0.717) is 0 Å². The van der Waals surface area contributed by atoms with Gasteiger partial charge < -0.3 is 4.74 Å². The van der Waals surface area contributed by atoms with Gasteiger partial charge in [0.15, 0.2) is 5.06 Å². The molecular formula is C12H23ClO. The minimum Gasteiger partial charge on any atom is -0.353 e. The molecule has 1 rings (SSSR count). The molecule has 0 aliphatic carbocycles. The summed E-state index contributed by atoms with van der Waals surface area (Å²) in [5, 5.41) is -0.234. The average Bonchev–Trinajstić information content (AvgIpc) is 2.89. The van der Waals surface area contributed by atoms with Crippen LogP contribution in [0.25, 0.3) is 0 Å². The van der Waals surface area contributed by atoms with E-state index in [1.54, 1.807) is 0 Å². The predicted molar refractivity (Wildman–Crippen MR) is 61.8 cm³/mol. The fraction of sp³-hybridized carbons (Fsp3) is 1.00. The molecule has 0 aromatic heterocycles. The van der Waals surface area contributed by atoms with Gasteiger partial charge in [-0.1, -0.05) is 63.5 Å². The van der Waals surface area contributed by atoms with E-state index in [0.717, 1.165) is 13.0 Å². The Morgan fingerprint density at radius 2 is 1.50 bits per heavy atom. The van der Waals surface area contributed by atoms with Crippen molar-refractivity contribution >= 4 is 11.6 Å². The third-order valence-corrected chi connectivity index (χ3v) is 3.27. The molecule has 1 aliphatic rings. The Bertz CT molecular complexity index is 143. The van der Waals surface area contributed by atoms with Crippen LogP contribution in [0.1, 0.15) is 64.7 Å². The van der Waals surface area contributed by atoms with E-state index >= 15 is 0 Å². The van der Waals surface area contributed by atoms with Crippen LogP contribution in [0.4, 0.5) is 0 Å². The number of ether oxygens (including phenoxy) is 1. The van der Waals surface area contributed by atoms with Crippen LogP contribution in [0.2, 0.25) is 0 Å². The Hall–Kier alpha value is 0.250. The Labute approximate surface area is 93.2 Å². The van der Waals surface area contributed by atoms with E-state index in [4.69, 9.17) is 16.3 Å². The molecule has 1 nitrogen and oxygen atoms in total. The monoisotopic (exact) mass is 218 g/mol. The first-order chi connectivity index (χ1) is 6.77. The molecule has 0 bridgehead atoms. The number of unbranched alkanes of at least 4 members (excludes halogenated alkanes) is 7. The lowest BCUT2D eigenvalue weighted by molar-refractivity contribution is 0.357. The largest absolute Gasteiger partial charge is 0.353 e. The molecular weight excluding hydrogens is 196 g/mol. The van der Waals surface area contributed by atoms with E-state index in [-0.39, 0.29) is 5.06 Å². The van der Waals surface area contributed by atoms with Crippen molar-refractivity contribution < 1.29 is 4.74 Å². The fourth-order valence-electron chi connectivity index (χ4n) is 1.75. The zero-order chi connectivity index (χ0) is 10.3. The third-order valence-electron chi connectivity index (χ3n) is 2.86. The van der Waals surface area contributed by atoms with Crippen LogP contribution in [0.15, 0.2) is 0 Å². The normalized spacial score (nSPS) is 25.3. The van der Waals surface area contributed by atoms with Gasteiger partial charge in [0.2, 0.25) is 0 Å². The first-order valence-electron chi connectivity index (χ1n) is 6.10. The SMILES string of the molecule is CCCCCCCCCCC1(Cl)CO1. The van der Waals surface area contributed by atoms with Crippen LogP contribution in [-0.2, 0) is 4.74 Å². The lowest BCUT2D eigenvalue weighted by Gasteiger charge is -2.03. The highest BCUT2D eigenvalue weighted by molar-refractivity contribution is 6.24. The molecule has 1 fully saturated rings. The molecule has 0 spiro atoms. The molecule has 0 aromatic rings. The van der Waals surface area contributed by atoms with Gasteiger partial charge in [0, 0.05) is 0 Å². The van der Waals surface area contributed by atoms with E-state index < -0.39 is 0 Å².